The lowest BCUT2D eigenvalue weighted by molar-refractivity contribution is -0.144. The van der Waals surface area contributed by atoms with Crippen LogP contribution in [0.1, 0.15) is 20.8 Å². The maximum Gasteiger partial charge on any atom is 0.320 e. The quantitative estimate of drug-likeness (QED) is 0.620. The fraction of sp³-hybridized carbons (Fsp3) is 0.562. The number of carbonyl (C=O) groups excluding carboxylic acids is 1. The van der Waals surface area contributed by atoms with Crippen LogP contribution < -0.4 is 9.47 Å². The van der Waals surface area contributed by atoms with Gasteiger partial charge in [0.2, 0.25) is 0 Å². The van der Waals surface area contributed by atoms with E-state index in [9.17, 15) is 4.79 Å². The minimum Gasteiger partial charge on any atom is -0.494 e. The second kappa shape index (κ2) is 10.0. The molecule has 0 radical (unpaired) electrons. The SMILES string of the molecule is CCOC(=O)CN(CC)CCOc1ccc(OCC)cc1. The fourth-order valence-electron chi connectivity index (χ4n) is 1.83. The summed E-state index contributed by atoms with van der Waals surface area (Å²) in [6.45, 7) is 9.14. The van der Waals surface area contributed by atoms with E-state index >= 15 is 0 Å². The van der Waals surface area contributed by atoms with Crippen LogP contribution in [-0.4, -0.2) is 50.3 Å². The molecule has 1 rings (SSSR count). The first-order valence-corrected chi connectivity index (χ1v) is 7.43. The average molecular weight is 295 g/mol. The second-order valence-corrected chi connectivity index (χ2v) is 4.43. The molecule has 0 N–H and O–H groups in total. The van der Waals surface area contributed by atoms with Crippen LogP contribution in [-0.2, 0) is 9.53 Å². The summed E-state index contributed by atoms with van der Waals surface area (Å²) in [4.78, 5) is 13.4. The first-order chi connectivity index (χ1) is 10.2. The Morgan fingerprint density at radius 3 is 2.14 bits per heavy atom. The lowest BCUT2D eigenvalue weighted by Crippen LogP contribution is -2.34. The standard InChI is InChI=1S/C16H25NO4/c1-4-17(13-16(18)20-6-3)11-12-21-15-9-7-14(8-10-15)19-5-2/h7-10H,4-6,11-13H2,1-3H3. The third kappa shape index (κ3) is 6.99. The van der Waals surface area contributed by atoms with Gasteiger partial charge in [-0.05, 0) is 44.7 Å². The maximum atomic E-state index is 11.4. The Balaban J connectivity index is 2.31. The molecule has 21 heavy (non-hydrogen) atoms. The van der Waals surface area contributed by atoms with Gasteiger partial charge in [-0.25, -0.2) is 0 Å². The molecule has 0 fully saturated rings. The first-order valence-electron chi connectivity index (χ1n) is 7.43. The van der Waals surface area contributed by atoms with Crippen molar-refractivity contribution in [1.29, 1.82) is 0 Å². The summed E-state index contributed by atoms with van der Waals surface area (Å²) in [5, 5.41) is 0. The number of hydrogen-bond donors (Lipinski definition) is 0. The lowest BCUT2D eigenvalue weighted by atomic mass is 10.3. The van der Waals surface area contributed by atoms with E-state index < -0.39 is 0 Å². The molecule has 5 heteroatoms. The highest BCUT2D eigenvalue weighted by Gasteiger charge is 2.09. The highest BCUT2D eigenvalue weighted by Crippen LogP contribution is 2.17. The molecule has 0 amide bonds. The van der Waals surface area contributed by atoms with E-state index in [0.29, 0.717) is 32.9 Å². The number of rotatable bonds is 10. The predicted molar refractivity (Wildman–Crippen MR) is 81.9 cm³/mol. The Hall–Kier alpha value is -1.75. The molecule has 0 saturated heterocycles. The molecule has 0 unspecified atom stereocenters. The molecule has 0 aliphatic carbocycles. The molecular formula is C16H25NO4. The molecule has 1 aromatic carbocycles. The molecule has 118 valence electrons. The highest BCUT2D eigenvalue weighted by atomic mass is 16.5. The Morgan fingerprint density at radius 1 is 1.00 bits per heavy atom. The van der Waals surface area contributed by atoms with E-state index in [1.165, 1.54) is 0 Å². The molecule has 0 aliphatic rings. The van der Waals surface area contributed by atoms with Crippen LogP contribution in [0.2, 0.25) is 0 Å². The number of nitrogens with zero attached hydrogens (tertiary/aromatic N) is 1. The smallest absolute Gasteiger partial charge is 0.320 e. The van der Waals surface area contributed by atoms with Crippen molar-refractivity contribution in [2.24, 2.45) is 0 Å². The van der Waals surface area contributed by atoms with E-state index in [2.05, 4.69) is 0 Å². The molecule has 0 aliphatic heterocycles. The van der Waals surface area contributed by atoms with Gasteiger partial charge in [0.25, 0.3) is 0 Å². The minimum atomic E-state index is -0.194. The van der Waals surface area contributed by atoms with E-state index in [1.54, 1.807) is 0 Å². The van der Waals surface area contributed by atoms with Crippen LogP contribution in [0, 0.1) is 0 Å². The zero-order chi connectivity index (χ0) is 15.5. The van der Waals surface area contributed by atoms with Crippen molar-refractivity contribution in [3.8, 4) is 11.5 Å². The fourth-order valence-corrected chi connectivity index (χ4v) is 1.83. The van der Waals surface area contributed by atoms with Crippen LogP contribution in [0.4, 0.5) is 0 Å². The summed E-state index contributed by atoms with van der Waals surface area (Å²) < 4.78 is 16.0. The van der Waals surface area contributed by atoms with Crippen LogP contribution in [0.25, 0.3) is 0 Å². The summed E-state index contributed by atoms with van der Waals surface area (Å²) in [5.74, 6) is 1.44. The second-order valence-electron chi connectivity index (χ2n) is 4.43. The summed E-state index contributed by atoms with van der Waals surface area (Å²) in [7, 11) is 0. The van der Waals surface area contributed by atoms with Gasteiger partial charge in [0, 0.05) is 6.54 Å². The van der Waals surface area contributed by atoms with Gasteiger partial charge >= 0.3 is 5.97 Å². The Labute approximate surface area is 126 Å². The summed E-state index contributed by atoms with van der Waals surface area (Å²) in [5.41, 5.74) is 0. The highest BCUT2D eigenvalue weighted by molar-refractivity contribution is 5.71. The zero-order valence-corrected chi connectivity index (χ0v) is 13.1. The minimum absolute atomic E-state index is 0.194. The van der Waals surface area contributed by atoms with Crippen LogP contribution in [0.5, 0.6) is 11.5 Å². The van der Waals surface area contributed by atoms with Crippen molar-refractivity contribution >= 4 is 5.97 Å². The van der Waals surface area contributed by atoms with Crippen molar-refractivity contribution in [3.05, 3.63) is 24.3 Å². The summed E-state index contributed by atoms with van der Waals surface area (Å²) in [6.07, 6.45) is 0. The zero-order valence-electron chi connectivity index (χ0n) is 13.1. The summed E-state index contributed by atoms with van der Waals surface area (Å²) >= 11 is 0. The van der Waals surface area contributed by atoms with Crippen molar-refractivity contribution in [2.75, 3.05) is 39.5 Å². The molecule has 0 saturated carbocycles. The van der Waals surface area contributed by atoms with Crippen molar-refractivity contribution in [2.45, 2.75) is 20.8 Å². The van der Waals surface area contributed by atoms with Gasteiger partial charge in [-0.3, -0.25) is 9.69 Å². The monoisotopic (exact) mass is 295 g/mol. The predicted octanol–water partition coefficient (Wildman–Crippen LogP) is 2.35. The molecule has 0 heterocycles. The van der Waals surface area contributed by atoms with Gasteiger partial charge in [-0.1, -0.05) is 6.92 Å². The molecule has 0 spiro atoms. The molecule has 0 bridgehead atoms. The van der Waals surface area contributed by atoms with E-state index in [-0.39, 0.29) is 5.97 Å². The van der Waals surface area contributed by atoms with Gasteiger partial charge in [-0.15, -0.1) is 0 Å². The van der Waals surface area contributed by atoms with E-state index in [1.807, 2.05) is 49.9 Å². The normalized spacial score (nSPS) is 10.5. The van der Waals surface area contributed by atoms with Gasteiger partial charge in [0.05, 0.1) is 19.8 Å². The number of hydrogen-bond acceptors (Lipinski definition) is 5. The average Bonchev–Trinajstić information content (AvgIpc) is 2.48. The molecule has 0 atom stereocenters. The van der Waals surface area contributed by atoms with Crippen LogP contribution in [0.15, 0.2) is 24.3 Å². The maximum absolute atomic E-state index is 11.4. The Bertz CT molecular complexity index is 405. The Kier molecular flexibility index (Phi) is 8.28. The van der Waals surface area contributed by atoms with E-state index in [4.69, 9.17) is 14.2 Å². The van der Waals surface area contributed by atoms with Crippen LogP contribution in [0.3, 0.4) is 0 Å². The first kappa shape index (κ1) is 17.3. The number of esters is 1. The lowest BCUT2D eigenvalue weighted by Gasteiger charge is -2.19. The van der Waals surface area contributed by atoms with E-state index in [0.717, 1.165) is 18.0 Å². The molecular weight excluding hydrogens is 270 g/mol. The third-order valence-electron chi connectivity index (χ3n) is 2.92. The van der Waals surface area contributed by atoms with Crippen molar-refractivity contribution < 1.29 is 19.0 Å². The Morgan fingerprint density at radius 2 is 1.62 bits per heavy atom. The van der Waals surface area contributed by atoms with Crippen molar-refractivity contribution in [1.82, 2.24) is 4.90 Å². The van der Waals surface area contributed by atoms with Gasteiger partial charge in [-0.2, -0.15) is 0 Å². The molecule has 0 aromatic heterocycles. The number of benzene rings is 1. The van der Waals surface area contributed by atoms with Crippen molar-refractivity contribution in [3.63, 3.8) is 0 Å². The molecule has 1 aromatic rings. The number of carbonyl (C=O) groups is 1. The molecule has 5 nitrogen and oxygen atoms in total. The summed E-state index contributed by atoms with van der Waals surface area (Å²) in [6, 6.07) is 7.53. The third-order valence-corrected chi connectivity index (χ3v) is 2.92. The number of ether oxygens (including phenoxy) is 3. The topological polar surface area (TPSA) is 48.0 Å². The van der Waals surface area contributed by atoms with Crippen LogP contribution >= 0.6 is 0 Å². The number of likely N-dealkylation sites (N-methyl/N-ethyl adjacent to an activating group) is 1. The largest absolute Gasteiger partial charge is 0.494 e. The van der Waals surface area contributed by atoms with Gasteiger partial charge < -0.3 is 14.2 Å². The van der Waals surface area contributed by atoms with Gasteiger partial charge in [0.1, 0.15) is 18.1 Å². The van der Waals surface area contributed by atoms with Gasteiger partial charge in [0.15, 0.2) is 0 Å².